The van der Waals surface area contributed by atoms with Crippen LogP contribution in [0.4, 0.5) is 5.82 Å². The fourth-order valence-electron chi connectivity index (χ4n) is 2.89. The Morgan fingerprint density at radius 1 is 1.18 bits per heavy atom. The zero-order chi connectivity index (χ0) is 16.0. The van der Waals surface area contributed by atoms with Crippen LogP contribution >= 0.6 is 23.2 Å². The molecule has 1 atom stereocenters. The molecule has 0 spiro atoms. The number of aromatic nitrogens is 2. The molecule has 0 bridgehead atoms. The van der Waals surface area contributed by atoms with Gasteiger partial charge >= 0.3 is 0 Å². The Labute approximate surface area is 140 Å². The van der Waals surface area contributed by atoms with Gasteiger partial charge in [-0.25, -0.2) is 0 Å². The molecule has 0 aromatic carbocycles. The maximum atomic E-state index is 12.6. The number of anilines is 1. The first-order chi connectivity index (χ1) is 10.3. The Kier molecular flexibility index (Phi) is 3.98. The number of hydrogen-bond acceptors (Lipinski definition) is 4. The van der Waals surface area contributed by atoms with E-state index < -0.39 is 9.75 Å². The van der Waals surface area contributed by atoms with Crippen molar-refractivity contribution in [2.45, 2.75) is 31.0 Å². The van der Waals surface area contributed by atoms with Crippen molar-refractivity contribution in [3.63, 3.8) is 0 Å². The Morgan fingerprint density at radius 2 is 1.91 bits per heavy atom. The first-order valence-electron chi connectivity index (χ1n) is 7.56. The van der Waals surface area contributed by atoms with Crippen LogP contribution in [0.2, 0.25) is 0 Å². The van der Waals surface area contributed by atoms with Crippen LogP contribution in [0.5, 0.6) is 0 Å². The molecule has 2 aliphatic rings. The maximum Gasteiger partial charge on any atom is 0.231 e. The van der Waals surface area contributed by atoms with Gasteiger partial charge in [-0.2, -0.15) is 5.10 Å². The van der Waals surface area contributed by atoms with Gasteiger partial charge in [0.1, 0.15) is 4.33 Å². The van der Waals surface area contributed by atoms with Crippen LogP contribution in [0.25, 0.3) is 0 Å². The van der Waals surface area contributed by atoms with E-state index >= 15 is 0 Å². The molecule has 120 valence electrons. The predicted octanol–water partition coefficient (Wildman–Crippen LogP) is 2.41. The molecule has 2 heterocycles. The number of aryl methyl sites for hydroxylation is 1. The summed E-state index contributed by atoms with van der Waals surface area (Å²) in [6, 6.07) is 3.93. The SMILES string of the molecule is Cc1ccc(N2CCCN(C(=O)[C@@]3(C)CC3(Cl)Cl)CC2)nn1. The van der Waals surface area contributed by atoms with Gasteiger partial charge in [0.05, 0.1) is 11.1 Å². The molecule has 5 nitrogen and oxygen atoms in total. The average molecular weight is 343 g/mol. The largest absolute Gasteiger partial charge is 0.353 e. The average Bonchev–Trinajstić information content (AvgIpc) is 3.09. The molecule has 7 heteroatoms. The molecule has 1 aromatic heterocycles. The van der Waals surface area contributed by atoms with Gasteiger partial charge in [-0.1, -0.05) is 0 Å². The number of rotatable bonds is 2. The van der Waals surface area contributed by atoms with Crippen molar-refractivity contribution in [2.75, 3.05) is 31.1 Å². The van der Waals surface area contributed by atoms with E-state index in [9.17, 15) is 4.79 Å². The molecule has 1 aromatic rings. The predicted molar refractivity (Wildman–Crippen MR) is 87.3 cm³/mol. The van der Waals surface area contributed by atoms with Crippen LogP contribution in [0.1, 0.15) is 25.5 Å². The van der Waals surface area contributed by atoms with Gasteiger partial charge in [-0.3, -0.25) is 4.79 Å². The van der Waals surface area contributed by atoms with E-state index in [2.05, 4.69) is 15.1 Å². The van der Waals surface area contributed by atoms with E-state index in [0.717, 1.165) is 37.6 Å². The summed E-state index contributed by atoms with van der Waals surface area (Å²) >= 11 is 12.3. The smallest absolute Gasteiger partial charge is 0.231 e. The van der Waals surface area contributed by atoms with Crippen molar-refractivity contribution in [3.8, 4) is 0 Å². The van der Waals surface area contributed by atoms with Crippen LogP contribution in [0, 0.1) is 12.3 Å². The highest BCUT2D eigenvalue weighted by Gasteiger charge is 2.68. The summed E-state index contributed by atoms with van der Waals surface area (Å²) in [4.78, 5) is 16.7. The molecule has 1 saturated carbocycles. The second kappa shape index (κ2) is 5.53. The van der Waals surface area contributed by atoms with E-state index in [4.69, 9.17) is 23.2 Å². The van der Waals surface area contributed by atoms with Crippen LogP contribution in [-0.2, 0) is 4.79 Å². The summed E-state index contributed by atoms with van der Waals surface area (Å²) in [7, 11) is 0. The van der Waals surface area contributed by atoms with Gasteiger partial charge in [0.25, 0.3) is 0 Å². The zero-order valence-corrected chi connectivity index (χ0v) is 14.4. The molecular formula is C15H20Cl2N4O. The van der Waals surface area contributed by atoms with Crippen LogP contribution in [0.15, 0.2) is 12.1 Å². The van der Waals surface area contributed by atoms with Crippen molar-refractivity contribution >= 4 is 34.9 Å². The van der Waals surface area contributed by atoms with Crippen LogP contribution in [-0.4, -0.2) is 51.5 Å². The topological polar surface area (TPSA) is 49.3 Å². The summed E-state index contributed by atoms with van der Waals surface area (Å²) in [5, 5.41) is 8.33. The minimum Gasteiger partial charge on any atom is -0.353 e. The molecule has 3 rings (SSSR count). The van der Waals surface area contributed by atoms with Crippen LogP contribution < -0.4 is 4.90 Å². The van der Waals surface area contributed by atoms with E-state index in [-0.39, 0.29) is 5.91 Å². The highest BCUT2D eigenvalue weighted by Crippen LogP contribution is 2.64. The Hall–Kier alpha value is -1.07. The van der Waals surface area contributed by atoms with Crippen molar-refractivity contribution in [1.29, 1.82) is 0 Å². The molecule has 0 unspecified atom stereocenters. The number of amides is 1. The fourth-order valence-corrected chi connectivity index (χ4v) is 3.59. The number of carbonyl (C=O) groups excluding carboxylic acids is 1. The lowest BCUT2D eigenvalue weighted by Gasteiger charge is -2.25. The third kappa shape index (κ3) is 2.76. The molecule has 2 fully saturated rings. The van der Waals surface area contributed by atoms with Gasteiger partial charge < -0.3 is 9.80 Å². The van der Waals surface area contributed by atoms with E-state index in [0.29, 0.717) is 13.0 Å². The van der Waals surface area contributed by atoms with Crippen molar-refractivity contribution in [2.24, 2.45) is 5.41 Å². The Balaban J connectivity index is 1.65. The molecular weight excluding hydrogens is 323 g/mol. The molecule has 0 N–H and O–H groups in total. The summed E-state index contributed by atoms with van der Waals surface area (Å²) in [5.41, 5.74) is 0.271. The van der Waals surface area contributed by atoms with Crippen molar-refractivity contribution < 1.29 is 4.79 Å². The first-order valence-corrected chi connectivity index (χ1v) is 8.32. The van der Waals surface area contributed by atoms with Crippen molar-refractivity contribution in [1.82, 2.24) is 15.1 Å². The number of halogens is 2. The van der Waals surface area contributed by atoms with Gasteiger partial charge in [0.15, 0.2) is 5.82 Å². The van der Waals surface area contributed by atoms with E-state index in [1.165, 1.54) is 0 Å². The third-order valence-electron chi connectivity index (χ3n) is 4.62. The maximum absolute atomic E-state index is 12.6. The van der Waals surface area contributed by atoms with Gasteiger partial charge in [-0.05, 0) is 38.8 Å². The second-order valence-electron chi connectivity index (χ2n) is 6.38. The van der Waals surface area contributed by atoms with E-state index in [1.807, 2.05) is 30.9 Å². The lowest BCUT2D eigenvalue weighted by molar-refractivity contribution is -0.136. The highest BCUT2D eigenvalue weighted by atomic mass is 35.5. The summed E-state index contributed by atoms with van der Waals surface area (Å²) in [5.74, 6) is 0.927. The standard InChI is InChI=1S/C15H20Cl2N4O/c1-11-4-5-12(19-18-11)20-6-3-7-21(9-8-20)13(22)14(2)10-15(14,16)17/h4-5H,3,6-10H2,1-2H3/t14-/m1/s1. The quantitative estimate of drug-likeness (QED) is 0.774. The summed E-state index contributed by atoms with van der Waals surface area (Å²) < 4.78 is -0.904. The zero-order valence-electron chi connectivity index (χ0n) is 12.9. The molecule has 22 heavy (non-hydrogen) atoms. The molecule has 1 amide bonds. The summed E-state index contributed by atoms with van der Waals surface area (Å²) in [6.45, 7) is 6.77. The first kappa shape index (κ1) is 15.8. The molecule has 1 aliphatic carbocycles. The lowest BCUT2D eigenvalue weighted by atomic mass is 10.1. The fraction of sp³-hybridized carbons (Fsp3) is 0.667. The number of carbonyl (C=O) groups is 1. The minimum absolute atomic E-state index is 0.0642. The highest BCUT2D eigenvalue weighted by molar-refractivity contribution is 6.53. The second-order valence-corrected chi connectivity index (χ2v) is 7.86. The lowest BCUT2D eigenvalue weighted by Crippen LogP contribution is -2.40. The number of nitrogens with zero attached hydrogens (tertiary/aromatic N) is 4. The monoisotopic (exact) mass is 342 g/mol. The Morgan fingerprint density at radius 3 is 2.50 bits per heavy atom. The Bertz CT molecular complexity index is 577. The number of hydrogen-bond donors (Lipinski definition) is 0. The van der Waals surface area contributed by atoms with Gasteiger partial charge in [0, 0.05) is 26.2 Å². The normalized spacial score (nSPS) is 27.5. The van der Waals surface area contributed by atoms with Gasteiger partial charge in [0.2, 0.25) is 5.91 Å². The molecule has 1 aliphatic heterocycles. The van der Waals surface area contributed by atoms with E-state index in [1.54, 1.807) is 0 Å². The minimum atomic E-state index is -0.904. The number of alkyl halides is 2. The van der Waals surface area contributed by atoms with Gasteiger partial charge in [-0.15, -0.1) is 28.3 Å². The molecule has 0 radical (unpaired) electrons. The van der Waals surface area contributed by atoms with Crippen LogP contribution in [0.3, 0.4) is 0 Å². The third-order valence-corrected chi connectivity index (χ3v) is 5.72. The molecule has 1 saturated heterocycles. The summed E-state index contributed by atoms with van der Waals surface area (Å²) in [6.07, 6.45) is 1.43. The van der Waals surface area contributed by atoms with Crippen molar-refractivity contribution in [3.05, 3.63) is 17.8 Å².